The van der Waals surface area contributed by atoms with Crippen molar-refractivity contribution in [2.45, 2.75) is 13.5 Å². The van der Waals surface area contributed by atoms with Crippen LogP contribution in [-0.4, -0.2) is 33.6 Å². The molecule has 0 aromatic carbocycles. The summed E-state index contributed by atoms with van der Waals surface area (Å²) in [5, 5.41) is 0. The molecule has 1 heterocycles. The van der Waals surface area contributed by atoms with Gasteiger partial charge in [0, 0.05) is 6.54 Å². The standard InChI is InChI=1S/C8H12N3O4P/c1-4-10-7(13)9-5(6(12)15-2)11(16-3)8(10)14/h16H,4H2,1-3H3. The van der Waals surface area contributed by atoms with Gasteiger partial charge in [0.05, 0.1) is 7.11 Å². The van der Waals surface area contributed by atoms with Gasteiger partial charge in [0.25, 0.3) is 0 Å². The number of carbonyl (C=O) groups is 1. The number of methoxy groups -OCH3 is 1. The van der Waals surface area contributed by atoms with Gasteiger partial charge in [-0.2, -0.15) is 4.98 Å². The van der Waals surface area contributed by atoms with Crippen LogP contribution in [0.25, 0.3) is 0 Å². The highest BCUT2D eigenvalue weighted by Gasteiger charge is 2.17. The van der Waals surface area contributed by atoms with E-state index in [1.54, 1.807) is 13.6 Å². The molecule has 1 aromatic heterocycles. The zero-order valence-electron chi connectivity index (χ0n) is 9.18. The number of esters is 1. The molecule has 7 nitrogen and oxygen atoms in total. The Morgan fingerprint density at radius 3 is 2.56 bits per heavy atom. The molecule has 0 radical (unpaired) electrons. The van der Waals surface area contributed by atoms with Gasteiger partial charge < -0.3 is 4.74 Å². The Balaban J connectivity index is 3.60. The molecule has 88 valence electrons. The van der Waals surface area contributed by atoms with E-state index in [1.165, 1.54) is 7.11 Å². The van der Waals surface area contributed by atoms with Gasteiger partial charge in [-0.1, -0.05) is 0 Å². The topological polar surface area (TPSA) is 83.2 Å². The van der Waals surface area contributed by atoms with E-state index in [4.69, 9.17) is 0 Å². The Labute approximate surface area is 92.9 Å². The summed E-state index contributed by atoms with van der Waals surface area (Å²) < 4.78 is 6.55. The van der Waals surface area contributed by atoms with Gasteiger partial charge in [-0.25, -0.2) is 19.0 Å². The Kier molecular flexibility index (Phi) is 3.95. The second-order valence-corrected chi connectivity index (χ2v) is 3.69. The van der Waals surface area contributed by atoms with Gasteiger partial charge in [-0.3, -0.25) is 4.34 Å². The largest absolute Gasteiger partial charge is 0.463 e. The first-order valence-electron chi connectivity index (χ1n) is 4.56. The predicted octanol–water partition coefficient (Wildman–Crippen LogP) is -0.717. The first-order chi connectivity index (χ1) is 7.56. The van der Waals surface area contributed by atoms with Crippen LogP contribution in [0.1, 0.15) is 17.5 Å². The van der Waals surface area contributed by atoms with Crippen LogP contribution in [0.2, 0.25) is 0 Å². The monoisotopic (exact) mass is 245 g/mol. The van der Waals surface area contributed by atoms with E-state index in [9.17, 15) is 14.4 Å². The van der Waals surface area contributed by atoms with Crippen LogP contribution in [0.5, 0.6) is 0 Å². The quantitative estimate of drug-likeness (QED) is 0.518. The van der Waals surface area contributed by atoms with Crippen molar-refractivity contribution >= 4 is 14.7 Å². The second kappa shape index (κ2) is 5.03. The van der Waals surface area contributed by atoms with Crippen molar-refractivity contribution in [3.8, 4) is 0 Å². The molecule has 0 saturated heterocycles. The lowest BCUT2D eigenvalue weighted by molar-refractivity contribution is 0.0582. The minimum Gasteiger partial charge on any atom is -0.463 e. The lowest BCUT2D eigenvalue weighted by Gasteiger charge is -2.09. The SMILES string of the molecule is CCn1c(=O)nc(C(=O)OC)n(PC)c1=O. The van der Waals surface area contributed by atoms with Gasteiger partial charge in [0.2, 0.25) is 5.82 Å². The molecule has 0 bridgehead atoms. The fourth-order valence-corrected chi connectivity index (χ4v) is 1.86. The molecule has 1 unspecified atom stereocenters. The Morgan fingerprint density at radius 1 is 1.50 bits per heavy atom. The number of hydrogen-bond acceptors (Lipinski definition) is 5. The van der Waals surface area contributed by atoms with E-state index < -0.39 is 17.3 Å². The van der Waals surface area contributed by atoms with E-state index in [1.807, 2.05) is 0 Å². The van der Waals surface area contributed by atoms with Crippen molar-refractivity contribution in [1.82, 2.24) is 13.9 Å². The molecule has 0 aliphatic rings. The van der Waals surface area contributed by atoms with Crippen LogP contribution in [0.4, 0.5) is 0 Å². The minimum atomic E-state index is -0.785. The number of ether oxygens (including phenoxy) is 1. The molecule has 0 saturated carbocycles. The summed E-state index contributed by atoms with van der Waals surface area (Å²) in [5.74, 6) is -1.03. The van der Waals surface area contributed by atoms with Crippen molar-refractivity contribution in [2.24, 2.45) is 0 Å². The zero-order chi connectivity index (χ0) is 12.3. The predicted molar refractivity (Wildman–Crippen MR) is 59.4 cm³/mol. The van der Waals surface area contributed by atoms with Gasteiger partial charge in [-0.15, -0.1) is 0 Å². The second-order valence-electron chi connectivity index (χ2n) is 2.80. The van der Waals surface area contributed by atoms with E-state index in [0.29, 0.717) is 0 Å². The maximum Gasteiger partial charge on any atom is 0.374 e. The summed E-state index contributed by atoms with van der Waals surface area (Å²) in [7, 11) is 1.17. The Hall–Kier alpha value is -1.49. The van der Waals surface area contributed by atoms with Gasteiger partial charge >= 0.3 is 17.3 Å². The van der Waals surface area contributed by atoms with Gasteiger partial charge in [-0.05, 0) is 22.3 Å². The molecular weight excluding hydrogens is 233 g/mol. The number of aromatic nitrogens is 3. The summed E-state index contributed by atoms with van der Waals surface area (Å²) in [4.78, 5) is 38.1. The summed E-state index contributed by atoms with van der Waals surface area (Å²) in [5.41, 5.74) is -1.27. The molecule has 1 aromatic rings. The normalized spacial score (nSPS) is 10.9. The van der Waals surface area contributed by atoms with Crippen LogP contribution in [0.3, 0.4) is 0 Å². The zero-order valence-corrected chi connectivity index (χ0v) is 10.2. The van der Waals surface area contributed by atoms with Gasteiger partial charge in [0.15, 0.2) is 0 Å². The first-order valence-corrected chi connectivity index (χ1v) is 6.01. The average molecular weight is 245 g/mol. The molecule has 1 atom stereocenters. The number of rotatable bonds is 3. The summed E-state index contributed by atoms with van der Waals surface area (Å²) >= 11 is 0. The minimum absolute atomic E-state index is 0.000401. The molecule has 0 fully saturated rings. The van der Waals surface area contributed by atoms with Crippen LogP contribution < -0.4 is 11.4 Å². The Bertz CT molecular complexity index is 519. The molecule has 16 heavy (non-hydrogen) atoms. The van der Waals surface area contributed by atoms with Crippen LogP contribution in [-0.2, 0) is 11.3 Å². The third-order valence-electron chi connectivity index (χ3n) is 1.97. The van der Waals surface area contributed by atoms with Crippen molar-refractivity contribution in [2.75, 3.05) is 13.8 Å². The average Bonchev–Trinajstić information content (AvgIpc) is 2.28. The molecule has 0 aliphatic carbocycles. The molecule has 0 aliphatic heterocycles. The fraction of sp³-hybridized carbons (Fsp3) is 0.500. The molecular formula is C8H12N3O4P. The smallest absolute Gasteiger partial charge is 0.374 e. The third-order valence-corrected chi connectivity index (χ3v) is 2.82. The number of nitrogens with zero attached hydrogens (tertiary/aromatic N) is 3. The fourth-order valence-electron chi connectivity index (χ4n) is 1.19. The van der Waals surface area contributed by atoms with E-state index >= 15 is 0 Å². The molecule has 0 spiro atoms. The van der Waals surface area contributed by atoms with E-state index in [-0.39, 0.29) is 21.1 Å². The maximum atomic E-state index is 11.8. The third kappa shape index (κ3) is 2.04. The van der Waals surface area contributed by atoms with Crippen molar-refractivity contribution in [3.63, 3.8) is 0 Å². The summed E-state index contributed by atoms with van der Waals surface area (Å²) in [6.07, 6.45) is 0. The molecule has 1 rings (SSSR count). The summed E-state index contributed by atoms with van der Waals surface area (Å²) in [6, 6.07) is 0. The summed E-state index contributed by atoms with van der Waals surface area (Å²) in [6.45, 7) is 3.59. The van der Waals surface area contributed by atoms with Crippen molar-refractivity contribution in [1.29, 1.82) is 0 Å². The molecule has 0 amide bonds. The highest BCUT2D eigenvalue weighted by atomic mass is 31.1. The molecule has 0 N–H and O–H groups in total. The lowest BCUT2D eigenvalue weighted by atomic mass is 10.6. The maximum absolute atomic E-state index is 11.8. The van der Waals surface area contributed by atoms with Gasteiger partial charge in [0.1, 0.15) is 0 Å². The lowest BCUT2D eigenvalue weighted by Crippen LogP contribution is -2.42. The van der Waals surface area contributed by atoms with E-state index in [0.717, 1.165) is 8.90 Å². The highest BCUT2D eigenvalue weighted by molar-refractivity contribution is 7.35. The number of carbonyl (C=O) groups excluding carboxylic acids is 1. The highest BCUT2D eigenvalue weighted by Crippen LogP contribution is 2.07. The number of hydrogen-bond donors (Lipinski definition) is 0. The first kappa shape index (κ1) is 12.6. The Morgan fingerprint density at radius 2 is 2.12 bits per heavy atom. The van der Waals surface area contributed by atoms with Crippen molar-refractivity contribution < 1.29 is 9.53 Å². The van der Waals surface area contributed by atoms with Crippen LogP contribution in [0, 0.1) is 0 Å². The van der Waals surface area contributed by atoms with Crippen LogP contribution >= 0.6 is 8.73 Å². The van der Waals surface area contributed by atoms with E-state index in [2.05, 4.69) is 9.72 Å². The van der Waals surface area contributed by atoms with Crippen LogP contribution in [0.15, 0.2) is 9.59 Å². The molecule has 8 heteroatoms. The van der Waals surface area contributed by atoms with Crippen molar-refractivity contribution in [3.05, 3.63) is 26.8 Å².